The number of nitrogens with zero attached hydrogens (tertiary/aromatic N) is 1. The van der Waals surface area contributed by atoms with E-state index in [9.17, 15) is 31.5 Å². The summed E-state index contributed by atoms with van der Waals surface area (Å²) in [6, 6.07) is 2.56. The summed E-state index contributed by atoms with van der Waals surface area (Å²) >= 11 is 2.96. The highest BCUT2D eigenvalue weighted by molar-refractivity contribution is 9.10. The van der Waals surface area contributed by atoms with Crippen molar-refractivity contribution in [2.24, 2.45) is 0 Å². The largest absolute Gasteiger partial charge is 0.573 e. The van der Waals surface area contributed by atoms with Gasteiger partial charge in [0.2, 0.25) is 10.0 Å². The number of hydrogen-bond donors (Lipinski definition) is 1. The van der Waals surface area contributed by atoms with Crippen molar-refractivity contribution >= 4 is 32.0 Å². The van der Waals surface area contributed by atoms with Crippen LogP contribution in [0.1, 0.15) is 12.8 Å². The first-order chi connectivity index (χ1) is 11.5. The fraction of sp³-hybridized carbons (Fsp3) is 0.462. The number of sulfonamides is 1. The summed E-state index contributed by atoms with van der Waals surface area (Å²) < 4.78 is 68.6. The van der Waals surface area contributed by atoms with Gasteiger partial charge in [0.25, 0.3) is 0 Å². The van der Waals surface area contributed by atoms with Crippen LogP contribution in [0.3, 0.4) is 0 Å². The molecule has 0 atom stereocenters. The number of amides is 1. The monoisotopic (exact) mass is 445 g/mol. The van der Waals surface area contributed by atoms with Gasteiger partial charge in [-0.05, 0) is 31.0 Å². The quantitative estimate of drug-likeness (QED) is 0.755. The van der Waals surface area contributed by atoms with E-state index >= 15 is 0 Å². The number of carbonyl (C=O) groups is 1. The van der Waals surface area contributed by atoms with Gasteiger partial charge >= 0.3 is 6.36 Å². The Kier molecular flexibility index (Phi) is 5.84. The first-order valence-corrected chi connectivity index (χ1v) is 9.29. The predicted octanol–water partition coefficient (Wildman–Crippen LogP) is 1.43. The topological polar surface area (TPSA) is 98.8 Å². The lowest BCUT2D eigenvalue weighted by atomic mass is 10.1. The molecular weight excluding hydrogens is 433 g/mol. The average Bonchev–Trinajstić information content (AvgIpc) is 2.45. The second-order valence-corrected chi connectivity index (χ2v) is 7.89. The summed E-state index contributed by atoms with van der Waals surface area (Å²) in [4.78, 5) is 11.1. The highest BCUT2D eigenvalue weighted by Crippen LogP contribution is 2.32. The Morgan fingerprint density at radius 1 is 1.32 bits per heavy atom. The third-order valence-corrected chi connectivity index (χ3v) is 5.55. The van der Waals surface area contributed by atoms with E-state index in [1.807, 2.05) is 0 Å². The molecule has 0 aromatic heterocycles. The summed E-state index contributed by atoms with van der Waals surface area (Å²) in [5.41, 5.74) is 0. The van der Waals surface area contributed by atoms with Crippen LogP contribution >= 0.6 is 15.9 Å². The standard InChI is InChI=1S/C13H14BrF3N2O5S/c14-8-1-2-11(10(7-8)24-13(15,16)17)25(22,23)18-9-3-5-19(6-4-9)12(20)21/h1-2,7,9,18H,3-6H2,(H,20,21)/p-1. The Morgan fingerprint density at radius 3 is 2.44 bits per heavy atom. The van der Waals surface area contributed by atoms with Crippen LogP contribution in [-0.2, 0) is 10.0 Å². The van der Waals surface area contributed by atoms with Crippen molar-refractivity contribution < 1.29 is 36.2 Å². The van der Waals surface area contributed by atoms with Crippen LogP contribution in [-0.4, -0.2) is 44.9 Å². The van der Waals surface area contributed by atoms with E-state index < -0.39 is 39.2 Å². The molecule has 7 nitrogen and oxygen atoms in total. The molecule has 0 spiro atoms. The molecule has 1 aromatic carbocycles. The lowest BCUT2D eigenvalue weighted by Crippen LogP contribution is -2.50. The third-order valence-electron chi connectivity index (χ3n) is 3.50. The van der Waals surface area contributed by atoms with Crippen molar-refractivity contribution in [2.45, 2.75) is 30.1 Å². The molecule has 12 heteroatoms. The summed E-state index contributed by atoms with van der Waals surface area (Å²) in [6.45, 7) is 0.142. The van der Waals surface area contributed by atoms with E-state index in [1.54, 1.807) is 0 Å². The number of nitrogens with one attached hydrogen (secondary N) is 1. The van der Waals surface area contributed by atoms with Gasteiger partial charge in [0.05, 0.1) is 0 Å². The van der Waals surface area contributed by atoms with Crippen molar-refractivity contribution in [1.29, 1.82) is 0 Å². The van der Waals surface area contributed by atoms with Crippen LogP contribution in [0.15, 0.2) is 27.6 Å². The number of benzene rings is 1. The van der Waals surface area contributed by atoms with E-state index in [-0.39, 0.29) is 30.4 Å². The Bertz CT molecular complexity index is 749. The SMILES string of the molecule is O=C([O-])N1CCC(NS(=O)(=O)c2ccc(Br)cc2OC(F)(F)F)CC1. The minimum Gasteiger partial charge on any atom is -0.530 e. The Labute approximate surface area is 149 Å². The number of alkyl halides is 3. The van der Waals surface area contributed by atoms with Crippen LogP contribution < -0.4 is 14.6 Å². The molecule has 0 bridgehead atoms. The maximum absolute atomic E-state index is 12.5. The lowest BCUT2D eigenvalue weighted by molar-refractivity contribution is -0.275. The van der Waals surface area contributed by atoms with Gasteiger partial charge in [-0.25, -0.2) is 13.1 Å². The molecule has 1 aliphatic heterocycles. The molecule has 1 N–H and O–H groups in total. The molecule has 1 heterocycles. The summed E-state index contributed by atoms with van der Waals surface area (Å²) in [6.07, 6.45) is -6.04. The van der Waals surface area contributed by atoms with Gasteiger partial charge in [0.1, 0.15) is 11.0 Å². The number of carboxylic acid groups (broad SMARTS) is 1. The molecule has 0 radical (unpaired) electrons. The number of hydrogen-bond acceptors (Lipinski definition) is 5. The smallest absolute Gasteiger partial charge is 0.530 e. The van der Waals surface area contributed by atoms with Crippen molar-refractivity contribution in [1.82, 2.24) is 9.62 Å². The van der Waals surface area contributed by atoms with Crippen LogP contribution in [0.4, 0.5) is 18.0 Å². The highest BCUT2D eigenvalue weighted by atomic mass is 79.9. The summed E-state index contributed by atoms with van der Waals surface area (Å²) in [5.74, 6) is -0.860. The van der Waals surface area contributed by atoms with E-state index in [0.29, 0.717) is 0 Å². The minimum absolute atomic E-state index is 0.0712. The number of rotatable bonds is 4. The second-order valence-electron chi connectivity index (χ2n) is 5.29. The number of carbonyl (C=O) groups excluding carboxylic acids is 1. The maximum Gasteiger partial charge on any atom is 0.573 e. The van der Waals surface area contributed by atoms with Gasteiger partial charge in [-0.2, -0.15) is 0 Å². The van der Waals surface area contributed by atoms with Gasteiger partial charge < -0.3 is 19.5 Å². The molecule has 1 aromatic rings. The van der Waals surface area contributed by atoms with E-state index in [0.717, 1.165) is 17.0 Å². The van der Waals surface area contributed by atoms with Crippen LogP contribution in [0.25, 0.3) is 0 Å². The number of piperidine rings is 1. The second kappa shape index (κ2) is 7.38. The Morgan fingerprint density at radius 2 is 1.92 bits per heavy atom. The number of halogens is 4. The van der Waals surface area contributed by atoms with Crippen LogP contribution in [0, 0.1) is 0 Å². The molecule has 1 aliphatic rings. The zero-order valence-corrected chi connectivity index (χ0v) is 14.9. The van der Waals surface area contributed by atoms with Crippen molar-refractivity contribution in [3.63, 3.8) is 0 Å². The molecule has 0 unspecified atom stereocenters. The zero-order chi connectivity index (χ0) is 18.8. The molecule has 1 amide bonds. The van der Waals surface area contributed by atoms with Crippen molar-refractivity contribution in [3.8, 4) is 5.75 Å². The van der Waals surface area contributed by atoms with E-state index in [1.165, 1.54) is 6.07 Å². The molecule has 0 saturated carbocycles. The fourth-order valence-electron chi connectivity index (χ4n) is 2.37. The van der Waals surface area contributed by atoms with Gasteiger partial charge in [0.15, 0.2) is 5.75 Å². The molecule has 1 fully saturated rings. The van der Waals surface area contributed by atoms with Crippen LogP contribution in [0.2, 0.25) is 0 Å². The normalized spacial score (nSPS) is 16.7. The third kappa shape index (κ3) is 5.47. The minimum atomic E-state index is -5.05. The number of ether oxygens (including phenoxy) is 1. The first-order valence-electron chi connectivity index (χ1n) is 7.01. The van der Waals surface area contributed by atoms with Crippen molar-refractivity contribution in [2.75, 3.05) is 13.1 Å². The summed E-state index contributed by atoms with van der Waals surface area (Å²) in [7, 11) is -4.29. The molecule has 2 rings (SSSR count). The fourth-order valence-corrected chi connectivity index (χ4v) is 4.13. The van der Waals surface area contributed by atoms with Gasteiger partial charge in [-0.15, -0.1) is 13.2 Å². The highest BCUT2D eigenvalue weighted by Gasteiger charge is 2.35. The molecular formula is C13H13BrF3N2O5S-. The Hall–Kier alpha value is -1.53. The van der Waals surface area contributed by atoms with Gasteiger partial charge in [-0.1, -0.05) is 15.9 Å². The van der Waals surface area contributed by atoms with Crippen molar-refractivity contribution in [3.05, 3.63) is 22.7 Å². The number of likely N-dealkylation sites (tertiary alicyclic amines) is 1. The predicted molar refractivity (Wildman–Crippen MR) is 81.1 cm³/mol. The van der Waals surface area contributed by atoms with E-state index in [4.69, 9.17) is 0 Å². The van der Waals surface area contributed by atoms with Crippen LogP contribution in [0.5, 0.6) is 5.75 Å². The molecule has 140 valence electrons. The average molecular weight is 446 g/mol. The Balaban J connectivity index is 2.18. The molecule has 1 saturated heterocycles. The van der Waals surface area contributed by atoms with Gasteiger partial charge in [-0.3, -0.25) is 0 Å². The maximum atomic E-state index is 12.5. The van der Waals surface area contributed by atoms with E-state index in [2.05, 4.69) is 25.4 Å². The first kappa shape index (κ1) is 19.8. The zero-order valence-electron chi connectivity index (χ0n) is 12.5. The molecule has 25 heavy (non-hydrogen) atoms. The lowest BCUT2D eigenvalue weighted by Gasteiger charge is -2.33. The van der Waals surface area contributed by atoms with Gasteiger partial charge in [0, 0.05) is 23.6 Å². The summed E-state index contributed by atoms with van der Waals surface area (Å²) in [5, 5.41) is 10.7. The molecule has 0 aliphatic carbocycles.